The first-order chi connectivity index (χ1) is 57.2. The van der Waals surface area contributed by atoms with Gasteiger partial charge in [-0.25, -0.2) is 14.4 Å². The van der Waals surface area contributed by atoms with Crippen molar-refractivity contribution in [3.05, 3.63) is 202 Å². The van der Waals surface area contributed by atoms with Crippen LogP contribution in [0.4, 0.5) is 29.3 Å². The zero-order valence-electron chi connectivity index (χ0n) is 70.3. The highest BCUT2D eigenvalue weighted by molar-refractivity contribution is 7.99. The molecule has 5 aromatic carbocycles. The molecule has 650 valence electrons. The summed E-state index contributed by atoms with van der Waals surface area (Å²) in [7, 11) is 0. The molecule has 3 aromatic heterocycles. The number of halogens is 5. The van der Waals surface area contributed by atoms with Crippen LogP contribution in [0, 0.1) is 29.6 Å². The van der Waals surface area contributed by atoms with Gasteiger partial charge >= 0.3 is 29.7 Å². The number of carbonyl (C=O) groups excluding carboxylic acids is 3. The van der Waals surface area contributed by atoms with Crippen LogP contribution in [0.15, 0.2) is 158 Å². The lowest BCUT2D eigenvalue weighted by molar-refractivity contribution is -0.161. The third kappa shape index (κ3) is 30.1. The van der Waals surface area contributed by atoms with Gasteiger partial charge in [-0.2, -0.15) is 55.1 Å². The zero-order valence-corrected chi connectivity index (χ0v) is 73.6. The number of pyridine rings is 1. The Bertz CT molecular complexity index is 5020. The molecule has 21 nitrogen and oxygen atoms in total. The number of carboxylic acid groups (broad SMARTS) is 2. The SMILES string of the molecule is CC(=O)/C(=C/CCCCSC[C@H](N)C(=O)O)NC(=O)C1CC1(C)C.CC(C)(O)c1ccccc1CC[C@@H](SCC1(CC(=O)O)CC1)c1cccc(/C=C/c2ccc3ccc(Cl)cc3n2)c1.CC[C@@H]1C=C[C@H](n2cnc3c(NC4CC4)nc(N)nc32)C1.Cc1ccc(-c2ccc([C@H](N[C@@H](CC(C)(C)F)C(=O)NC3(C)CC3)C(F)(F)F)cc2)cc1.O=S=O. The second kappa shape index (κ2) is 42.8. The van der Waals surface area contributed by atoms with Gasteiger partial charge in [0.2, 0.25) is 17.8 Å². The summed E-state index contributed by atoms with van der Waals surface area (Å²) in [5.41, 5.74) is 19.0. The number of allylic oxidation sites excluding steroid dienone is 4. The Balaban J connectivity index is 0.000000187. The van der Waals surface area contributed by atoms with E-state index >= 15 is 0 Å². The number of imidazole rings is 1. The van der Waals surface area contributed by atoms with Crippen LogP contribution in [0.5, 0.6) is 0 Å². The summed E-state index contributed by atoms with van der Waals surface area (Å²) in [4.78, 5) is 76.5. The van der Waals surface area contributed by atoms with Gasteiger partial charge in [0, 0.05) is 58.0 Å². The number of unbranched alkanes of at least 4 members (excludes halogenated alkanes) is 2. The first kappa shape index (κ1) is 95.7. The fraction of sp³-hybridized carbons (Fsp3) is 0.467. The molecule has 4 fully saturated rings. The van der Waals surface area contributed by atoms with Gasteiger partial charge in [0.15, 0.2) is 22.8 Å². The molecule has 0 bridgehead atoms. The maximum absolute atomic E-state index is 14.4. The number of aliphatic hydroxyl groups is 1. The lowest BCUT2D eigenvalue weighted by atomic mass is 9.90. The number of carboxylic acids is 2. The second-order valence-corrected chi connectivity index (χ2v) is 37.3. The number of aliphatic carboxylic acids is 2. The molecule has 13 rings (SSSR count). The Labute approximate surface area is 723 Å². The molecule has 121 heavy (non-hydrogen) atoms. The fourth-order valence-electron chi connectivity index (χ4n) is 14.2. The molecule has 1 unspecified atom stereocenters. The number of amides is 2. The number of hydrogen-bond acceptors (Lipinski definition) is 18. The van der Waals surface area contributed by atoms with Crippen molar-refractivity contribution < 1.29 is 65.3 Å². The molecular weight excluding hydrogens is 1630 g/mol. The van der Waals surface area contributed by atoms with E-state index in [0.29, 0.717) is 46.8 Å². The molecule has 0 aliphatic heterocycles. The van der Waals surface area contributed by atoms with Crippen molar-refractivity contribution in [2.24, 2.45) is 28.4 Å². The molecule has 0 saturated heterocycles. The van der Waals surface area contributed by atoms with E-state index in [-0.39, 0.29) is 52.1 Å². The van der Waals surface area contributed by atoms with E-state index in [1.807, 2.05) is 132 Å². The van der Waals surface area contributed by atoms with Gasteiger partial charge in [0.1, 0.15) is 17.8 Å². The van der Waals surface area contributed by atoms with E-state index in [0.717, 1.165) is 143 Å². The van der Waals surface area contributed by atoms with Crippen LogP contribution < -0.4 is 32.7 Å². The van der Waals surface area contributed by atoms with Crippen LogP contribution in [-0.2, 0) is 47.6 Å². The lowest BCUT2D eigenvalue weighted by Gasteiger charge is -2.30. The summed E-state index contributed by atoms with van der Waals surface area (Å²) in [6.07, 6.45) is 20.7. The van der Waals surface area contributed by atoms with Gasteiger partial charge in [0.25, 0.3) is 0 Å². The van der Waals surface area contributed by atoms with Gasteiger partial charge in [-0.1, -0.05) is 171 Å². The van der Waals surface area contributed by atoms with Crippen LogP contribution in [0.25, 0.3) is 45.3 Å². The topological polar surface area (TPSA) is 337 Å². The van der Waals surface area contributed by atoms with Gasteiger partial charge < -0.3 is 47.3 Å². The van der Waals surface area contributed by atoms with Gasteiger partial charge in [0.05, 0.1) is 47.3 Å². The zero-order chi connectivity index (χ0) is 88.2. The van der Waals surface area contributed by atoms with Crippen LogP contribution >= 0.6 is 35.1 Å². The maximum Gasteiger partial charge on any atom is 0.407 e. The molecule has 4 saturated carbocycles. The van der Waals surface area contributed by atoms with Crippen molar-refractivity contribution in [3.8, 4) is 11.1 Å². The molecule has 7 atom stereocenters. The highest BCUT2D eigenvalue weighted by atomic mass is 35.5. The maximum atomic E-state index is 14.4. The number of alkyl halides is 4. The number of fused-ring (bicyclic) bond motifs is 2. The van der Waals surface area contributed by atoms with Crippen LogP contribution in [-0.4, -0.2) is 131 Å². The summed E-state index contributed by atoms with van der Waals surface area (Å²) in [6.45, 7) is 17.7. The minimum Gasteiger partial charge on any atom is -0.481 e. The van der Waals surface area contributed by atoms with Crippen LogP contribution in [0.2, 0.25) is 5.02 Å². The van der Waals surface area contributed by atoms with E-state index in [2.05, 4.69) is 102 Å². The number of nitrogens with one attached hydrogen (secondary N) is 4. The van der Waals surface area contributed by atoms with Crippen molar-refractivity contribution in [1.82, 2.24) is 40.5 Å². The summed E-state index contributed by atoms with van der Waals surface area (Å²) in [6, 6.07) is 36.8. The third-order valence-electron chi connectivity index (χ3n) is 22.1. The number of rotatable bonds is 35. The lowest BCUT2D eigenvalue weighted by Crippen LogP contribution is -2.53. The van der Waals surface area contributed by atoms with E-state index in [1.54, 1.807) is 18.2 Å². The summed E-state index contributed by atoms with van der Waals surface area (Å²) in [5.74, 6) is 1.27. The minimum absolute atomic E-state index is 0.00454. The molecule has 29 heteroatoms. The number of benzene rings is 5. The van der Waals surface area contributed by atoms with Crippen molar-refractivity contribution in [1.29, 1.82) is 0 Å². The van der Waals surface area contributed by atoms with Crippen molar-refractivity contribution in [3.63, 3.8) is 0 Å². The predicted molar refractivity (Wildman–Crippen MR) is 477 cm³/mol. The number of nitrogen functional groups attached to an aromatic ring is 1. The summed E-state index contributed by atoms with van der Waals surface area (Å²) < 4.78 is 75.0. The molecule has 0 radical (unpaired) electrons. The van der Waals surface area contributed by atoms with Crippen molar-refractivity contribution >= 4 is 122 Å². The van der Waals surface area contributed by atoms with Crippen LogP contribution in [0.3, 0.4) is 0 Å². The van der Waals surface area contributed by atoms with E-state index in [4.69, 9.17) is 41.6 Å². The summed E-state index contributed by atoms with van der Waals surface area (Å²) >= 11 is 8.80. The minimum atomic E-state index is -4.66. The molecule has 2 amide bonds. The second-order valence-electron chi connectivity index (χ2n) is 34.4. The number of hydrogen-bond donors (Lipinski definition) is 9. The molecule has 3 heterocycles. The number of thioether (sulfide) groups is 2. The van der Waals surface area contributed by atoms with E-state index in [1.165, 1.54) is 69.5 Å². The van der Waals surface area contributed by atoms with Crippen molar-refractivity contribution in [2.75, 3.05) is 28.3 Å². The number of aromatic nitrogens is 5. The molecule has 5 aliphatic carbocycles. The molecule has 8 aromatic rings. The Morgan fingerprint density at radius 3 is 2.07 bits per heavy atom. The Morgan fingerprint density at radius 1 is 0.810 bits per heavy atom. The van der Waals surface area contributed by atoms with Crippen LogP contribution in [0.1, 0.15) is 215 Å². The molecule has 0 spiro atoms. The standard InChI is InChI=1S/C35H36ClNO3S.C25H30F4N2O.C17H28N2O4S.C15H20N6.O2S/c1-34(2,40)30-9-4-3-7-25(30)13-17-32(41-23-35(18-19-35)22-33(38)39)27-8-5-6-24(20-27)10-15-29-16-12-26-11-14-28(36)21-31(26)37-29;1-16-5-7-17(8-6-16)18-9-11-19(12-10-18)21(25(27,28)29)30-20(15-23(2,3)26)22(32)31-24(4)13-14-24;1-11(20)14(19-15(21)12-9-17(12,2)3)7-5-4-6-8-24-10-13(18)16(22)23;1-2-9-3-6-11(7-9)21-8-17-12-13(18-10-4-5-10)19-15(16)20-14(12)21;1-3-2/h3-12,14-16,20-21,32,40H,13,17-19,22-23H2,1-2H3,(H,38,39);5-12,20-21,30H,13-15H2,1-4H3,(H,31,32);7,12-13H,4-6,8-10,18H2,1-3H3,(H,19,21)(H,22,23);3,6,8-11H,2,4-5,7H2,1H3,(H3,16,18,19,20);/b15-10+;;14-7-;;/t32-;20-,21-;12?,13-;9-,11+;/m1001./s1. The van der Waals surface area contributed by atoms with Gasteiger partial charge in [-0.15, -0.1) is 0 Å². The van der Waals surface area contributed by atoms with Crippen molar-refractivity contribution in [2.45, 2.75) is 230 Å². The monoisotopic (exact) mass is 1740 g/mol. The number of anilines is 2. The van der Waals surface area contributed by atoms with Gasteiger partial charge in [-0.3, -0.25) is 29.3 Å². The highest BCUT2D eigenvalue weighted by Crippen LogP contribution is 2.54. The first-order valence-electron chi connectivity index (χ1n) is 41.1. The van der Waals surface area contributed by atoms with E-state index < -0.39 is 70.5 Å². The normalized spacial score (nSPS) is 18.3. The number of aryl methyl sites for hydroxylation is 2. The largest absolute Gasteiger partial charge is 0.481 e. The number of nitrogens with two attached hydrogens (primary N) is 2. The number of nitrogens with zero attached hydrogens (tertiary/aromatic N) is 5. The first-order valence-corrected chi connectivity index (χ1v) is 44.4. The number of Topliss-reactive ketones (excluding diaryl/α,β-unsaturated/α-hetero) is 1. The Hall–Kier alpha value is -9.16. The number of ketones is 1. The fourth-order valence-corrected chi connectivity index (χ4v) is 16.9. The molecular formula is C92H114ClF4N11O10S3. The predicted octanol–water partition coefficient (Wildman–Crippen LogP) is 18.8. The molecule has 11 N–H and O–H groups in total. The summed E-state index contributed by atoms with van der Waals surface area (Å²) in [5, 5.41) is 42.1. The van der Waals surface area contributed by atoms with Gasteiger partial charge in [-0.05, 0) is 217 Å². The quantitative estimate of drug-likeness (QED) is 0.00771. The molecule has 5 aliphatic rings. The average Bonchev–Trinajstić information content (AvgIpc) is 1.25. The highest BCUT2D eigenvalue weighted by Gasteiger charge is 2.51. The Kier molecular flexibility index (Phi) is 33.8. The average molecular weight is 1740 g/mol. The smallest absolute Gasteiger partial charge is 0.407 e. The Morgan fingerprint density at radius 2 is 1.48 bits per heavy atom. The number of carbonyl (C=O) groups is 5. The third-order valence-corrected chi connectivity index (χ3v) is 25.2. The van der Waals surface area contributed by atoms with E-state index in [9.17, 15) is 51.7 Å².